The van der Waals surface area contributed by atoms with Crippen LogP contribution in [0.5, 0.6) is 0 Å². The van der Waals surface area contributed by atoms with E-state index in [1.165, 1.54) is 18.3 Å². The van der Waals surface area contributed by atoms with Gasteiger partial charge in [-0.3, -0.25) is 0 Å². The molecule has 0 amide bonds. The Bertz CT molecular complexity index is 570. The molecule has 0 aromatic carbocycles. The maximum atomic E-state index is 12.3. The van der Waals surface area contributed by atoms with E-state index in [9.17, 15) is 13.2 Å². The summed E-state index contributed by atoms with van der Waals surface area (Å²) in [6.07, 6.45) is 2.71. The van der Waals surface area contributed by atoms with Crippen molar-refractivity contribution in [1.82, 2.24) is 4.31 Å². The first-order chi connectivity index (χ1) is 8.34. The van der Waals surface area contributed by atoms with Crippen LogP contribution < -0.4 is 0 Å². The lowest BCUT2D eigenvalue weighted by atomic mass is 9.94. The molecule has 1 fully saturated rings. The van der Waals surface area contributed by atoms with Crippen LogP contribution in [0.4, 0.5) is 0 Å². The Morgan fingerprint density at radius 2 is 2.11 bits per heavy atom. The van der Waals surface area contributed by atoms with Crippen LogP contribution in [0.15, 0.2) is 15.4 Å². The molecule has 1 aromatic heterocycles. The number of sulfonamides is 1. The highest BCUT2D eigenvalue weighted by Crippen LogP contribution is 2.30. The minimum Gasteiger partial charge on any atom is -0.475 e. The fourth-order valence-corrected chi connectivity index (χ4v) is 3.50. The molecule has 0 unspecified atom stereocenters. The van der Waals surface area contributed by atoms with Crippen molar-refractivity contribution in [2.24, 2.45) is 0 Å². The fourth-order valence-electron chi connectivity index (χ4n) is 1.93. The van der Waals surface area contributed by atoms with Gasteiger partial charge in [0.2, 0.25) is 15.8 Å². The van der Waals surface area contributed by atoms with Crippen molar-refractivity contribution in [1.29, 1.82) is 0 Å². The first-order valence-electron chi connectivity index (χ1n) is 5.66. The molecule has 2 rings (SSSR count). The zero-order chi connectivity index (χ0) is 13.5. The molecule has 100 valence electrons. The van der Waals surface area contributed by atoms with Crippen molar-refractivity contribution in [3.05, 3.63) is 17.6 Å². The number of carboxylic acid groups (broad SMARTS) is 1. The van der Waals surface area contributed by atoms with Crippen LogP contribution in [0.25, 0.3) is 0 Å². The molecule has 18 heavy (non-hydrogen) atoms. The molecule has 1 heterocycles. The molecule has 1 aliphatic rings. The third kappa shape index (κ3) is 2.04. The van der Waals surface area contributed by atoms with Crippen LogP contribution in [-0.2, 0) is 10.0 Å². The molecule has 1 aliphatic carbocycles. The number of nitrogens with zero attached hydrogens (tertiary/aromatic N) is 1. The Balaban J connectivity index is 2.37. The average Bonchev–Trinajstić information content (AvgIpc) is 2.58. The predicted molar refractivity (Wildman–Crippen MR) is 63.0 cm³/mol. The molecule has 0 aliphatic heterocycles. The van der Waals surface area contributed by atoms with Crippen LogP contribution in [0.2, 0.25) is 0 Å². The van der Waals surface area contributed by atoms with Gasteiger partial charge in [0.15, 0.2) is 0 Å². The SMILES string of the molecule is Cc1oc(C(=O)O)cc1S(=O)(=O)N(C)C1CCC1. The molecule has 0 spiro atoms. The van der Waals surface area contributed by atoms with Crippen LogP contribution in [-0.4, -0.2) is 36.9 Å². The van der Waals surface area contributed by atoms with E-state index in [1.54, 1.807) is 0 Å². The predicted octanol–water partition coefficient (Wildman–Crippen LogP) is 1.46. The van der Waals surface area contributed by atoms with Gasteiger partial charge in [-0.2, -0.15) is 4.31 Å². The van der Waals surface area contributed by atoms with E-state index >= 15 is 0 Å². The largest absolute Gasteiger partial charge is 0.475 e. The lowest BCUT2D eigenvalue weighted by Crippen LogP contribution is -2.41. The number of hydrogen-bond acceptors (Lipinski definition) is 4. The summed E-state index contributed by atoms with van der Waals surface area (Å²) in [6, 6.07) is 1.08. The topological polar surface area (TPSA) is 87.8 Å². The Kier molecular flexibility index (Phi) is 3.20. The summed E-state index contributed by atoms with van der Waals surface area (Å²) in [7, 11) is -2.15. The van der Waals surface area contributed by atoms with Crippen molar-refractivity contribution < 1.29 is 22.7 Å². The van der Waals surface area contributed by atoms with Gasteiger partial charge in [0.05, 0.1) is 0 Å². The highest BCUT2D eigenvalue weighted by molar-refractivity contribution is 7.89. The van der Waals surface area contributed by atoms with Gasteiger partial charge >= 0.3 is 5.97 Å². The second-order valence-corrected chi connectivity index (χ2v) is 6.41. The number of aromatic carboxylic acids is 1. The molecule has 0 bridgehead atoms. The van der Waals surface area contributed by atoms with Crippen LogP contribution in [0.3, 0.4) is 0 Å². The second-order valence-electron chi connectivity index (χ2n) is 4.44. The third-order valence-electron chi connectivity index (χ3n) is 3.33. The quantitative estimate of drug-likeness (QED) is 0.897. The molecule has 1 aromatic rings. The van der Waals surface area contributed by atoms with E-state index in [-0.39, 0.29) is 22.5 Å². The number of furan rings is 1. The van der Waals surface area contributed by atoms with Crippen molar-refractivity contribution in [3.63, 3.8) is 0 Å². The van der Waals surface area contributed by atoms with Gasteiger partial charge in [0.25, 0.3) is 0 Å². The highest BCUT2D eigenvalue weighted by Gasteiger charge is 2.34. The average molecular weight is 273 g/mol. The van der Waals surface area contributed by atoms with E-state index in [0.717, 1.165) is 25.3 Å². The molecule has 6 nitrogen and oxygen atoms in total. The lowest BCUT2D eigenvalue weighted by molar-refractivity contribution is 0.0661. The van der Waals surface area contributed by atoms with Crippen LogP contribution in [0, 0.1) is 6.92 Å². The number of carboxylic acids is 1. The summed E-state index contributed by atoms with van der Waals surface area (Å²) >= 11 is 0. The normalized spacial score (nSPS) is 16.8. The molecule has 7 heteroatoms. The summed E-state index contributed by atoms with van der Waals surface area (Å²) in [4.78, 5) is 10.7. The van der Waals surface area contributed by atoms with E-state index in [1.807, 2.05) is 0 Å². The smallest absolute Gasteiger partial charge is 0.371 e. The van der Waals surface area contributed by atoms with Gasteiger partial charge in [0.1, 0.15) is 10.7 Å². The number of aryl methyl sites for hydroxylation is 1. The Hall–Kier alpha value is -1.34. The van der Waals surface area contributed by atoms with Gasteiger partial charge in [-0.25, -0.2) is 13.2 Å². The summed E-state index contributed by atoms with van der Waals surface area (Å²) in [6.45, 7) is 1.45. The van der Waals surface area contributed by atoms with Crippen LogP contribution >= 0.6 is 0 Å². The first kappa shape index (κ1) is 13.1. The standard InChI is InChI=1S/C11H15NO5S/c1-7-10(6-9(17-7)11(13)14)18(15,16)12(2)8-4-3-5-8/h6,8H,3-5H2,1-2H3,(H,13,14). The van der Waals surface area contributed by atoms with Gasteiger partial charge in [0, 0.05) is 19.2 Å². The molecule has 0 saturated heterocycles. The molecule has 1 saturated carbocycles. The summed E-state index contributed by atoms with van der Waals surface area (Å²) in [5.74, 6) is -1.52. The zero-order valence-corrected chi connectivity index (χ0v) is 11.0. The Morgan fingerprint density at radius 1 is 1.50 bits per heavy atom. The first-order valence-corrected chi connectivity index (χ1v) is 7.10. The minimum atomic E-state index is -3.67. The summed E-state index contributed by atoms with van der Waals surface area (Å²) in [5, 5.41) is 8.79. The second kappa shape index (κ2) is 4.40. The van der Waals surface area contributed by atoms with Crippen LogP contribution in [0.1, 0.15) is 35.6 Å². The van der Waals surface area contributed by atoms with Gasteiger partial charge < -0.3 is 9.52 Å². The molecule has 0 atom stereocenters. The maximum absolute atomic E-state index is 12.3. The number of carbonyl (C=O) groups is 1. The van der Waals surface area contributed by atoms with Crippen molar-refractivity contribution in [2.75, 3.05) is 7.05 Å². The van der Waals surface area contributed by atoms with Gasteiger partial charge in [-0.1, -0.05) is 6.42 Å². The van der Waals surface area contributed by atoms with Crippen molar-refractivity contribution in [2.45, 2.75) is 37.1 Å². The van der Waals surface area contributed by atoms with Crippen molar-refractivity contribution in [3.8, 4) is 0 Å². The van der Waals surface area contributed by atoms with Gasteiger partial charge in [-0.05, 0) is 19.8 Å². The fraction of sp³-hybridized carbons (Fsp3) is 0.545. The molecular formula is C11H15NO5S. The summed E-state index contributed by atoms with van der Waals surface area (Å²) in [5.41, 5.74) is 0. The van der Waals surface area contributed by atoms with Crippen molar-refractivity contribution >= 4 is 16.0 Å². The monoisotopic (exact) mass is 273 g/mol. The number of hydrogen-bond donors (Lipinski definition) is 1. The number of rotatable bonds is 4. The lowest BCUT2D eigenvalue weighted by Gasteiger charge is -2.33. The third-order valence-corrected chi connectivity index (χ3v) is 5.35. The van der Waals surface area contributed by atoms with E-state index in [4.69, 9.17) is 9.52 Å². The molecular weight excluding hydrogens is 258 g/mol. The minimum absolute atomic E-state index is 0.0116. The molecule has 1 N–H and O–H groups in total. The Morgan fingerprint density at radius 3 is 2.50 bits per heavy atom. The molecule has 0 radical (unpaired) electrons. The zero-order valence-electron chi connectivity index (χ0n) is 10.2. The van der Waals surface area contributed by atoms with E-state index in [2.05, 4.69) is 0 Å². The van der Waals surface area contributed by atoms with E-state index in [0.29, 0.717) is 0 Å². The van der Waals surface area contributed by atoms with E-state index < -0.39 is 16.0 Å². The Labute approximate surface area is 105 Å². The highest BCUT2D eigenvalue weighted by atomic mass is 32.2. The van der Waals surface area contributed by atoms with Gasteiger partial charge in [-0.15, -0.1) is 0 Å². The maximum Gasteiger partial charge on any atom is 0.371 e. The summed E-state index contributed by atoms with van der Waals surface area (Å²) < 4.78 is 30.8.